The molecule has 0 spiro atoms. The first-order valence-corrected chi connectivity index (χ1v) is 7.67. The van der Waals surface area contributed by atoms with Crippen LogP contribution in [0.5, 0.6) is 0 Å². The van der Waals surface area contributed by atoms with Gasteiger partial charge in [0.15, 0.2) is 11.7 Å². The summed E-state index contributed by atoms with van der Waals surface area (Å²) in [6, 6.07) is 0. The van der Waals surface area contributed by atoms with Crippen LogP contribution in [0.1, 0.15) is 37.4 Å². The summed E-state index contributed by atoms with van der Waals surface area (Å²) >= 11 is 0.985. The predicted octanol–water partition coefficient (Wildman–Crippen LogP) is 3.26. The van der Waals surface area contributed by atoms with E-state index in [1.165, 1.54) is 0 Å². The molecule has 120 valence electrons. The Morgan fingerprint density at radius 2 is 2.10 bits per heavy atom. The number of aliphatic imine (C=N–C) groups is 1. The molecule has 1 rings (SSSR count). The fourth-order valence-electron chi connectivity index (χ4n) is 1.62. The molecule has 0 amide bonds. The molecule has 0 unspecified atom stereocenters. The van der Waals surface area contributed by atoms with E-state index in [1.807, 2.05) is 0 Å². The number of halogens is 3. The van der Waals surface area contributed by atoms with Gasteiger partial charge in [0.05, 0.1) is 6.54 Å². The first kappa shape index (κ1) is 17.7. The van der Waals surface area contributed by atoms with Gasteiger partial charge in [-0.1, -0.05) is 13.8 Å². The average molecular weight is 322 g/mol. The van der Waals surface area contributed by atoms with Crippen LogP contribution in [0.25, 0.3) is 0 Å². The molecule has 0 aromatic carbocycles. The molecule has 0 atom stereocenters. The first-order valence-electron chi connectivity index (χ1n) is 6.79. The van der Waals surface area contributed by atoms with Crippen LogP contribution in [0.15, 0.2) is 10.4 Å². The number of hydrogen-bond acceptors (Lipinski definition) is 3. The first-order chi connectivity index (χ1) is 9.82. The molecule has 0 fully saturated rings. The molecule has 1 heterocycles. The molecule has 0 radical (unpaired) electrons. The summed E-state index contributed by atoms with van der Waals surface area (Å²) in [4.78, 5) is 7.58. The molecule has 8 heteroatoms. The Morgan fingerprint density at radius 1 is 1.38 bits per heavy atom. The highest BCUT2D eigenvalue weighted by atomic mass is 32.1. The number of nitrogens with zero attached hydrogens (tertiary/aromatic N) is 2. The zero-order chi connectivity index (χ0) is 15.9. The Hall–Kier alpha value is -1.31. The van der Waals surface area contributed by atoms with Crippen LogP contribution in [0.4, 0.5) is 13.2 Å². The molecule has 1 aromatic rings. The van der Waals surface area contributed by atoms with Crippen molar-refractivity contribution in [3.8, 4) is 0 Å². The van der Waals surface area contributed by atoms with E-state index in [0.29, 0.717) is 16.9 Å². The molecule has 0 bridgehead atoms. The number of rotatable bonds is 6. The van der Waals surface area contributed by atoms with Crippen molar-refractivity contribution in [1.82, 2.24) is 15.6 Å². The molecular formula is C13H21F3N4S. The van der Waals surface area contributed by atoms with Crippen molar-refractivity contribution in [2.45, 2.75) is 39.4 Å². The molecule has 0 aliphatic rings. The Labute approximate surface area is 126 Å². The van der Waals surface area contributed by atoms with Crippen molar-refractivity contribution in [2.24, 2.45) is 10.9 Å². The second kappa shape index (κ2) is 8.21. The Kier molecular flexibility index (Phi) is 6.94. The maximum absolute atomic E-state index is 12.4. The lowest BCUT2D eigenvalue weighted by Crippen LogP contribution is -2.37. The second-order valence-electron chi connectivity index (χ2n) is 5.01. The number of alkyl halides is 3. The summed E-state index contributed by atoms with van der Waals surface area (Å²) in [5, 5.41) is 7.49. The van der Waals surface area contributed by atoms with E-state index in [-0.39, 0.29) is 6.54 Å². The number of thiazole rings is 1. The second-order valence-corrected chi connectivity index (χ2v) is 5.96. The topological polar surface area (TPSA) is 49.3 Å². The van der Waals surface area contributed by atoms with Gasteiger partial charge in [0.2, 0.25) is 0 Å². The SMILES string of the molecule is CN=C(NCCCC(C)C)NCc1nc(C(F)(F)F)cs1. The molecule has 4 nitrogen and oxygen atoms in total. The van der Waals surface area contributed by atoms with Gasteiger partial charge in [-0.3, -0.25) is 4.99 Å². The van der Waals surface area contributed by atoms with Crippen molar-refractivity contribution < 1.29 is 13.2 Å². The van der Waals surface area contributed by atoms with E-state index in [9.17, 15) is 13.2 Å². The summed E-state index contributed by atoms with van der Waals surface area (Å²) in [7, 11) is 1.63. The van der Waals surface area contributed by atoms with Gasteiger partial charge in [0.25, 0.3) is 0 Å². The smallest absolute Gasteiger partial charge is 0.356 e. The molecule has 21 heavy (non-hydrogen) atoms. The third-order valence-electron chi connectivity index (χ3n) is 2.72. The van der Waals surface area contributed by atoms with E-state index in [0.717, 1.165) is 36.1 Å². The van der Waals surface area contributed by atoms with Crippen LogP contribution in [0.3, 0.4) is 0 Å². The van der Waals surface area contributed by atoms with Gasteiger partial charge in [-0.25, -0.2) is 4.98 Å². The standard InChI is InChI=1S/C13H21F3N4S/c1-9(2)5-4-6-18-12(17-3)19-7-11-20-10(8-21-11)13(14,15)16/h8-9H,4-7H2,1-3H3,(H2,17,18,19). The van der Waals surface area contributed by atoms with Crippen molar-refractivity contribution in [1.29, 1.82) is 0 Å². The normalized spacial score (nSPS) is 12.8. The highest BCUT2D eigenvalue weighted by molar-refractivity contribution is 7.09. The zero-order valence-electron chi connectivity index (χ0n) is 12.4. The maximum Gasteiger partial charge on any atom is 0.434 e. The molecule has 1 aromatic heterocycles. The zero-order valence-corrected chi connectivity index (χ0v) is 13.2. The van der Waals surface area contributed by atoms with Gasteiger partial charge >= 0.3 is 6.18 Å². The monoisotopic (exact) mass is 322 g/mol. The van der Waals surface area contributed by atoms with Crippen LogP contribution >= 0.6 is 11.3 Å². The maximum atomic E-state index is 12.4. The van der Waals surface area contributed by atoms with Crippen molar-refractivity contribution >= 4 is 17.3 Å². The highest BCUT2D eigenvalue weighted by Gasteiger charge is 2.33. The van der Waals surface area contributed by atoms with Gasteiger partial charge < -0.3 is 10.6 Å². The third-order valence-corrected chi connectivity index (χ3v) is 3.57. The summed E-state index contributed by atoms with van der Waals surface area (Å²) in [5.41, 5.74) is -0.843. The average Bonchev–Trinajstić information content (AvgIpc) is 2.86. The lowest BCUT2D eigenvalue weighted by molar-refractivity contribution is -0.140. The van der Waals surface area contributed by atoms with E-state index in [1.54, 1.807) is 7.05 Å². The number of hydrogen-bond donors (Lipinski definition) is 2. The van der Waals surface area contributed by atoms with E-state index in [2.05, 4.69) is 34.5 Å². The molecule has 0 aliphatic heterocycles. The molecule has 0 aliphatic carbocycles. The largest absolute Gasteiger partial charge is 0.434 e. The van der Waals surface area contributed by atoms with E-state index in [4.69, 9.17) is 0 Å². The summed E-state index contributed by atoms with van der Waals surface area (Å²) in [6.07, 6.45) is -2.25. The molecular weight excluding hydrogens is 301 g/mol. The molecule has 0 saturated carbocycles. The van der Waals surface area contributed by atoms with Crippen LogP contribution in [-0.4, -0.2) is 24.5 Å². The fourth-order valence-corrected chi connectivity index (χ4v) is 2.36. The quantitative estimate of drug-likeness (QED) is 0.480. The summed E-state index contributed by atoms with van der Waals surface area (Å²) in [5.74, 6) is 1.22. The van der Waals surface area contributed by atoms with Crippen molar-refractivity contribution in [2.75, 3.05) is 13.6 Å². The van der Waals surface area contributed by atoms with Gasteiger partial charge in [-0.15, -0.1) is 11.3 Å². The summed E-state index contributed by atoms with van der Waals surface area (Å²) in [6.45, 7) is 5.33. The number of aromatic nitrogens is 1. The van der Waals surface area contributed by atoms with Gasteiger partial charge in [-0.05, 0) is 18.8 Å². The van der Waals surface area contributed by atoms with Crippen LogP contribution < -0.4 is 10.6 Å². The number of nitrogens with one attached hydrogen (secondary N) is 2. The lowest BCUT2D eigenvalue weighted by atomic mass is 10.1. The van der Waals surface area contributed by atoms with E-state index >= 15 is 0 Å². The minimum Gasteiger partial charge on any atom is -0.356 e. The Balaban J connectivity index is 2.37. The minimum absolute atomic E-state index is 0.227. The minimum atomic E-state index is -4.38. The third kappa shape index (κ3) is 6.79. The predicted molar refractivity (Wildman–Crippen MR) is 79.4 cm³/mol. The van der Waals surface area contributed by atoms with Crippen molar-refractivity contribution in [3.05, 3.63) is 16.1 Å². The Bertz CT molecular complexity index is 455. The van der Waals surface area contributed by atoms with Crippen LogP contribution in [0, 0.1) is 5.92 Å². The van der Waals surface area contributed by atoms with Gasteiger partial charge in [0, 0.05) is 19.0 Å². The van der Waals surface area contributed by atoms with Gasteiger partial charge in [0.1, 0.15) is 5.01 Å². The highest BCUT2D eigenvalue weighted by Crippen LogP contribution is 2.29. The fraction of sp³-hybridized carbons (Fsp3) is 0.692. The lowest BCUT2D eigenvalue weighted by Gasteiger charge is -2.11. The Morgan fingerprint density at radius 3 is 2.62 bits per heavy atom. The molecule has 0 saturated heterocycles. The van der Waals surface area contributed by atoms with Gasteiger partial charge in [-0.2, -0.15) is 13.2 Å². The number of guanidine groups is 1. The van der Waals surface area contributed by atoms with Crippen molar-refractivity contribution in [3.63, 3.8) is 0 Å². The van der Waals surface area contributed by atoms with Crippen LogP contribution in [-0.2, 0) is 12.7 Å². The molecule has 2 N–H and O–H groups in total. The summed E-state index contributed by atoms with van der Waals surface area (Å²) < 4.78 is 37.3. The van der Waals surface area contributed by atoms with Crippen LogP contribution in [0.2, 0.25) is 0 Å². The van der Waals surface area contributed by atoms with E-state index < -0.39 is 11.9 Å².